The second kappa shape index (κ2) is 13.3. The summed E-state index contributed by atoms with van der Waals surface area (Å²) in [5, 5.41) is 3.73. The molecule has 0 unspecified atom stereocenters. The Morgan fingerprint density at radius 1 is 0.976 bits per heavy atom. The lowest BCUT2D eigenvalue weighted by atomic mass is 9.95. The maximum atomic E-state index is 13.5. The van der Waals surface area contributed by atoms with Crippen LogP contribution in [0.15, 0.2) is 77.8 Å². The molecule has 41 heavy (non-hydrogen) atoms. The number of nitrogens with zero attached hydrogens (tertiary/aromatic N) is 1. The van der Waals surface area contributed by atoms with Crippen molar-refractivity contribution in [1.82, 2.24) is 0 Å². The number of nitrogens with one attached hydrogen (secondary N) is 1. The summed E-state index contributed by atoms with van der Waals surface area (Å²) in [6, 6.07) is 22.2. The van der Waals surface area contributed by atoms with E-state index in [1.54, 1.807) is 43.7 Å². The molecule has 210 valence electrons. The van der Waals surface area contributed by atoms with E-state index < -0.39 is 0 Å². The summed E-state index contributed by atoms with van der Waals surface area (Å²) < 4.78 is 16.9. The molecule has 1 aliphatic carbocycles. The van der Waals surface area contributed by atoms with E-state index >= 15 is 0 Å². The van der Waals surface area contributed by atoms with Crippen molar-refractivity contribution in [2.24, 2.45) is 4.99 Å². The summed E-state index contributed by atoms with van der Waals surface area (Å²) in [6.07, 6.45) is 5.75. The quantitative estimate of drug-likeness (QED) is 0.159. The number of carbonyl (C=O) groups is 2. The zero-order valence-corrected chi connectivity index (χ0v) is 24.0. The molecule has 1 aromatic heterocycles. The fourth-order valence-electron chi connectivity index (χ4n) is 4.78. The van der Waals surface area contributed by atoms with E-state index in [1.807, 2.05) is 60.7 Å². The van der Waals surface area contributed by atoms with Gasteiger partial charge in [0.05, 0.1) is 24.8 Å². The summed E-state index contributed by atoms with van der Waals surface area (Å²) in [4.78, 5) is 31.5. The summed E-state index contributed by atoms with van der Waals surface area (Å²) in [7, 11) is 1.59. The highest BCUT2D eigenvalue weighted by atomic mass is 32.1. The van der Waals surface area contributed by atoms with Gasteiger partial charge in [0.1, 0.15) is 11.6 Å². The van der Waals surface area contributed by atoms with Crippen molar-refractivity contribution in [3.63, 3.8) is 0 Å². The summed E-state index contributed by atoms with van der Waals surface area (Å²) in [5.41, 5.74) is 4.62. The highest BCUT2D eigenvalue weighted by Crippen LogP contribution is 2.41. The van der Waals surface area contributed by atoms with Crippen LogP contribution in [0.1, 0.15) is 62.0 Å². The average molecular weight is 569 g/mol. The van der Waals surface area contributed by atoms with E-state index in [2.05, 4.69) is 5.32 Å². The molecule has 0 fully saturated rings. The number of esters is 1. The Hall–Kier alpha value is -4.43. The number of aryl methyl sites for hydroxylation is 1. The van der Waals surface area contributed by atoms with Gasteiger partial charge in [-0.1, -0.05) is 36.4 Å². The van der Waals surface area contributed by atoms with Crippen LogP contribution in [0, 0.1) is 0 Å². The van der Waals surface area contributed by atoms with Crippen molar-refractivity contribution in [2.45, 2.75) is 39.2 Å². The molecule has 7 nitrogen and oxygen atoms in total. The summed E-state index contributed by atoms with van der Waals surface area (Å²) in [6.45, 7) is 2.37. The lowest BCUT2D eigenvalue weighted by molar-refractivity contribution is 0.0526. The number of rotatable bonds is 10. The smallest absolute Gasteiger partial charge is 0.338 e. The fraction of sp³-hybridized carbons (Fsp3) is 0.242. The fourth-order valence-corrected chi connectivity index (χ4v) is 6.01. The van der Waals surface area contributed by atoms with Crippen molar-refractivity contribution >= 4 is 40.1 Å². The number of methoxy groups -OCH3 is 1. The van der Waals surface area contributed by atoms with Gasteiger partial charge in [0.25, 0.3) is 5.91 Å². The van der Waals surface area contributed by atoms with Gasteiger partial charge in [0.2, 0.25) is 0 Å². The number of hydrogen-bond donors (Lipinski definition) is 1. The SMILES string of the molecule is CCOC(=O)c1ccc(COc2c(C=Nc3sc4c(c3C(=O)Nc3ccccc3)CCCC4)cccc2OC)cc1. The monoisotopic (exact) mass is 568 g/mol. The van der Waals surface area contributed by atoms with Crippen LogP contribution in [0.5, 0.6) is 11.5 Å². The van der Waals surface area contributed by atoms with E-state index in [4.69, 9.17) is 19.2 Å². The number of benzene rings is 3. The Morgan fingerprint density at radius 3 is 2.51 bits per heavy atom. The van der Waals surface area contributed by atoms with Crippen LogP contribution in [-0.2, 0) is 24.2 Å². The number of aliphatic imine (C=N–C) groups is 1. The molecule has 0 aliphatic heterocycles. The second-order valence-corrected chi connectivity index (χ2v) is 10.6. The largest absolute Gasteiger partial charge is 0.493 e. The minimum atomic E-state index is -0.352. The predicted octanol–water partition coefficient (Wildman–Crippen LogP) is 7.39. The first kappa shape index (κ1) is 28.1. The van der Waals surface area contributed by atoms with Gasteiger partial charge in [-0.05, 0) is 80.1 Å². The van der Waals surface area contributed by atoms with Gasteiger partial charge >= 0.3 is 5.97 Å². The number of thiophene rings is 1. The van der Waals surface area contributed by atoms with Crippen LogP contribution in [0.4, 0.5) is 10.7 Å². The Bertz CT molecular complexity index is 1540. The van der Waals surface area contributed by atoms with Gasteiger partial charge in [-0.15, -0.1) is 11.3 Å². The first-order valence-electron chi connectivity index (χ1n) is 13.7. The van der Waals surface area contributed by atoms with Gasteiger partial charge in [0, 0.05) is 22.3 Å². The molecule has 0 saturated carbocycles. The molecular formula is C33H32N2O5S. The molecule has 0 bridgehead atoms. The maximum Gasteiger partial charge on any atom is 0.338 e. The first-order chi connectivity index (χ1) is 20.1. The number of anilines is 1. The predicted molar refractivity (Wildman–Crippen MR) is 162 cm³/mol. The number of para-hydroxylation sites is 2. The molecule has 4 aromatic rings. The summed E-state index contributed by atoms with van der Waals surface area (Å²) in [5.74, 6) is 0.626. The zero-order valence-electron chi connectivity index (χ0n) is 23.1. The van der Waals surface area contributed by atoms with Gasteiger partial charge in [-0.2, -0.15) is 0 Å². The first-order valence-corrected chi connectivity index (χ1v) is 14.5. The second-order valence-electron chi connectivity index (χ2n) is 9.55. The molecule has 0 saturated heterocycles. The third kappa shape index (κ3) is 6.66. The zero-order chi connectivity index (χ0) is 28.6. The van der Waals surface area contributed by atoms with Crippen molar-refractivity contribution < 1.29 is 23.8 Å². The van der Waals surface area contributed by atoms with Crippen molar-refractivity contribution in [3.8, 4) is 11.5 Å². The van der Waals surface area contributed by atoms with Crippen LogP contribution < -0.4 is 14.8 Å². The number of ether oxygens (including phenoxy) is 3. The molecular weight excluding hydrogens is 536 g/mol. The molecule has 1 amide bonds. The Labute approximate surface area is 243 Å². The molecule has 3 aromatic carbocycles. The van der Waals surface area contributed by atoms with Crippen LogP contribution in [-0.4, -0.2) is 31.8 Å². The number of amides is 1. The summed E-state index contributed by atoms with van der Waals surface area (Å²) >= 11 is 1.58. The van der Waals surface area contributed by atoms with E-state index in [0.717, 1.165) is 48.1 Å². The van der Waals surface area contributed by atoms with E-state index in [1.165, 1.54) is 4.88 Å². The number of fused-ring (bicyclic) bond motifs is 1. The molecule has 1 heterocycles. The van der Waals surface area contributed by atoms with Crippen LogP contribution in [0.3, 0.4) is 0 Å². The van der Waals surface area contributed by atoms with Crippen molar-refractivity contribution in [1.29, 1.82) is 0 Å². The molecule has 0 atom stereocenters. The normalized spacial score (nSPS) is 12.5. The van der Waals surface area contributed by atoms with E-state index in [9.17, 15) is 9.59 Å². The maximum absolute atomic E-state index is 13.5. The van der Waals surface area contributed by atoms with Gasteiger partial charge in [-0.25, -0.2) is 9.79 Å². The lowest BCUT2D eigenvalue weighted by Gasteiger charge is -2.14. The van der Waals surface area contributed by atoms with Crippen molar-refractivity contribution in [3.05, 3.63) is 105 Å². The highest BCUT2D eigenvalue weighted by molar-refractivity contribution is 7.16. The van der Waals surface area contributed by atoms with Gasteiger partial charge in [-0.3, -0.25) is 4.79 Å². The molecule has 8 heteroatoms. The van der Waals surface area contributed by atoms with Crippen LogP contribution in [0.25, 0.3) is 0 Å². The molecule has 0 radical (unpaired) electrons. The molecule has 0 spiro atoms. The highest BCUT2D eigenvalue weighted by Gasteiger charge is 2.25. The minimum absolute atomic E-state index is 0.142. The lowest BCUT2D eigenvalue weighted by Crippen LogP contribution is -2.14. The third-order valence-electron chi connectivity index (χ3n) is 6.81. The van der Waals surface area contributed by atoms with E-state index in [0.29, 0.717) is 34.2 Å². The number of hydrogen-bond acceptors (Lipinski definition) is 7. The Morgan fingerprint density at radius 2 is 1.76 bits per heavy atom. The Balaban J connectivity index is 1.40. The van der Waals surface area contributed by atoms with Crippen LogP contribution >= 0.6 is 11.3 Å². The minimum Gasteiger partial charge on any atom is -0.493 e. The number of carbonyl (C=O) groups excluding carboxylic acids is 2. The van der Waals surface area contributed by atoms with E-state index in [-0.39, 0.29) is 18.5 Å². The van der Waals surface area contributed by atoms with Gasteiger partial charge in [0.15, 0.2) is 11.5 Å². The molecule has 5 rings (SSSR count). The van der Waals surface area contributed by atoms with Crippen LogP contribution in [0.2, 0.25) is 0 Å². The van der Waals surface area contributed by atoms with Crippen molar-refractivity contribution in [2.75, 3.05) is 19.0 Å². The molecule has 1 N–H and O–H groups in total. The average Bonchev–Trinajstić information content (AvgIpc) is 3.38. The molecule has 1 aliphatic rings. The topological polar surface area (TPSA) is 86.2 Å². The third-order valence-corrected chi connectivity index (χ3v) is 8.01. The Kier molecular flexibility index (Phi) is 9.11. The van der Waals surface area contributed by atoms with Gasteiger partial charge < -0.3 is 19.5 Å². The standard InChI is InChI=1S/C33H32N2O5S/c1-3-39-33(37)23-18-16-22(17-19-23)21-40-30-24(10-9-14-27(30)38-2)20-34-32-29(26-13-7-8-15-28(26)41-32)31(36)35-25-11-5-4-6-12-25/h4-6,9-12,14,16-20H,3,7-8,13,15,21H2,1-2H3,(H,35,36).